The van der Waals surface area contributed by atoms with E-state index in [1.165, 1.54) is 18.4 Å². The van der Waals surface area contributed by atoms with E-state index < -0.39 is 6.04 Å². The second kappa shape index (κ2) is 9.85. The molecule has 35 heavy (non-hydrogen) atoms. The van der Waals surface area contributed by atoms with Crippen LogP contribution in [0.1, 0.15) is 33.3 Å². The Hall–Kier alpha value is -4.39. The van der Waals surface area contributed by atoms with Crippen molar-refractivity contribution < 1.29 is 23.1 Å². The molecule has 0 spiro atoms. The van der Waals surface area contributed by atoms with E-state index in [9.17, 15) is 14.0 Å². The molecule has 1 aliphatic heterocycles. The number of benzene rings is 3. The number of carbonyl (C=O) groups excluding carboxylic acids is 2. The predicted octanol–water partition coefficient (Wildman–Crippen LogP) is 5.22. The molecule has 0 aliphatic carbocycles. The fraction of sp³-hybridized carbons (Fsp3) is 0.143. The number of hydrogen-bond acceptors (Lipinski definition) is 4. The van der Waals surface area contributed by atoms with Crippen LogP contribution in [0.4, 0.5) is 10.1 Å². The molecule has 0 bridgehead atoms. The Morgan fingerprint density at radius 1 is 1.00 bits per heavy atom. The molecular formula is C28H23FN2O4. The van der Waals surface area contributed by atoms with E-state index in [0.29, 0.717) is 24.4 Å². The van der Waals surface area contributed by atoms with Crippen LogP contribution in [0.2, 0.25) is 0 Å². The average molecular weight is 471 g/mol. The minimum absolute atomic E-state index is 0.163. The molecule has 0 saturated carbocycles. The van der Waals surface area contributed by atoms with Gasteiger partial charge in [-0.15, -0.1) is 0 Å². The zero-order valence-corrected chi connectivity index (χ0v) is 18.8. The lowest BCUT2D eigenvalue weighted by atomic mass is 9.87. The molecule has 176 valence electrons. The van der Waals surface area contributed by atoms with Crippen LogP contribution < -0.4 is 10.1 Å². The molecule has 0 fully saturated rings. The Bertz CT molecular complexity index is 1320. The third-order valence-corrected chi connectivity index (χ3v) is 5.95. The standard InChI is InChI=1S/C28H23FN2O4/c29-21-11-8-20(9-12-21)27-24-17-23(35-18-26(32)30-22-5-2-1-3-6-22)13-10-19(24)14-15-31(27)28(33)25-7-4-16-34-25/h1-13,16-17,27H,14-15,18H2,(H,30,32). The largest absolute Gasteiger partial charge is 0.484 e. The summed E-state index contributed by atoms with van der Waals surface area (Å²) in [7, 11) is 0. The molecule has 1 aromatic heterocycles. The highest BCUT2D eigenvalue weighted by atomic mass is 19.1. The SMILES string of the molecule is O=C(COc1ccc2c(c1)C(c1ccc(F)cc1)N(C(=O)c1ccco1)CC2)Nc1ccccc1. The van der Waals surface area contributed by atoms with Crippen LogP contribution in [-0.4, -0.2) is 29.9 Å². The van der Waals surface area contributed by atoms with Crippen molar-refractivity contribution in [1.82, 2.24) is 4.90 Å². The fourth-order valence-electron chi connectivity index (χ4n) is 4.32. The smallest absolute Gasteiger partial charge is 0.290 e. The van der Waals surface area contributed by atoms with Crippen molar-refractivity contribution in [3.05, 3.63) is 119 Å². The van der Waals surface area contributed by atoms with E-state index in [1.54, 1.807) is 41.3 Å². The zero-order valence-electron chi connectivity index (χ0n) is 18.8. The third kappa shape index (κ3) is 4.94. The molecule has 2 heterocycles. The van der Waals surface area contributed by atoms with Gasteiger partial charge < -0.3 is 19.4 Å². The van der Waals surface area contributed by atoms with Crippen LogP contribution in [0, 0.1) is 5.82 Å². The summed E-state index contributed by atoms with van der Waals surface area (Å²) in [6.07, 6.45) is 2.11. The number of anilines is 1. The number of furan rings is 1. The van der Waals surface area contributed by atoms with E-state index in [-0.39, 0.29) is 30.0 Å². The summed E-state index contributed by atoms with van der Waals surface area (Å²) in [6, 6.07) is 23.7. The maximum absolute atomic E-state index is 13.7. The molecule has 2 amide bonds. The first-order valence-electron chi connectivity index (χ1n) is 11.3. The molecule has 4 aromatic rings. The molecule has 7 heteroatoms. The number of nitrogens with zero attached hydrogens (tertiary/aromatic N) is 1. The Morgan fingerprint density at radius 2 is 1.80 bits per heavy atom. The molecular weight excluding hydrogens is 447 g/mol. The monoisotopic (exact) mass is 470 g/mol. The van der Waals surface area contributed by atoms with Gasteiger partial charge in [-0.3, -0.25) is 9.59 Å². The molecule has 3 aromatic carbocycles. The fourth-order valence-corrected chi connectivity index (χ4v) is 4.32. The molecule has 6 nitrogen and oxygen atoms in total. The van der Waals surface area contributed by atoms with Gasteiger partial charge in [-0.1, -0.05) is 36.4 Å². The first kappa shape index (κ1) is 22.4. The van der Waals surface area contributed by atoms with Crippen LogP contribution >= 0.6 is 0 Å². The second-order valence-corrected chi connectivity index (χ2v) is 8.24. The van der Waals surface area contributed by atoms with Crippen LogP contribution in [0.5, 0.6) is 5.75 Å². The molecule has 5 rings (SSSR count). The first-order chi connectivity index (χ1) is 17.1. The number of nitrogens with one attached hydrogen (secondary N) is 1. The van der Waals surface area contributed by atoms with E-state index >= 15 is 0 Å². The number of amides is 2. The Labute approximate surface area is 201 Å². The van der Waals surface area contributed by atoms with Crippen LogP contribution in [0.25, 0.3) is 0 Å². The third-order valence-electron chi connectivity index (χ3n) is 5.95. The number of fused-ring (bicyclic) bond motifs is 1. The summed E-state index contributed by atoms with van der Waals surface area (Å²) in [6.45, 7) is 0.318. The highest BCUT2D eigenvalue weighted by molar-refractivity contribution is 5.92. The molecule has 1 unspecified atom stereocenters. The molecule has 0 radical (unpaired) electrons. The topological polar surface area (TPSA) is 71.8 Å². The Kier molecular flexibility index (Phi) is 6.30. The van der Waals surface area contributed by atoms with Crippen molar-refractivity contribution in [2.24, 2.45) is 0 Å². The Balaban J connectivity index is 1.42. The number of ether oxygens (including phenoxy) is 1. The van der Waals surface area contributed by atoms with E-state index in [4.69, 9.17) is 9.15 Å². The number of rotatable bonds is 6. The highest BCUT2D eigenvalue weighted by Gasteiger charge is 2.34. The van der Waals surface area contributed by atoms with Gasteiger partial charge in [-0.2, -0.15) is 0 Å². The summed E-state index contributed by atoms with van der Waals surface area (Å²) in [5.74, 6) is -0.130. The van der Waals surface area contributed by atoms with E-state index in [2.05, 4.69) is 5.32 Å². The van der Waals surface area contributed by atoms with Crippen molar-refractivity contribution in [2.45, 2.75) is 12.5 Å². The quantitative estimate of drug-likeness (QED) is 0.419. The average Bonchev–Trinajstić information content (AvgIpc) is 3.43. The summed E-state index contributed by atoms with van der Waals surface area (Å²) < 4.78 is 24.8. The number of para-hydroxylation sites is 1. The van der Waals surface area contributed by atoms with Gasteiger partial charge in [-0.25, -0.2) is 4.39 Å². The highest BCUT2D eigenvalue weighted by Crippen LogP contribution is 2.38. The molecule has 0 saturated heterocycles. The van der Waals surface area contributed by atoms with Gasteiger partial charge in [0.25, 0.3) is 11.8 Å². The number of carbonyl (C=O) groups is 2. The van der Waals surface area contributed by atoms with Gasteiger partial charge in [0.1, 0.15) is 11.6 Å². The second-order valence-electron chi connectivity index (χ2n) is 8.24. The van der Waals surface area contributed by atoms with Gasteiger partial charge >= 0.3 is 0 Å². The van der Waals surface area contributed by atoms with Crippen molar-refractivity contribution in [2.75, 3.05) is 18.5 Å². The Morgan fingerprint density at radius 3 is 2.54 bits per heavy atom. The molecule has 1 atom stereocenters. The number of halogens is 1. The van der Waals surface area contributed by atoms with Crippen LogP contribution in [0.3, 0.4) is 0 Å². The first-order valence-corrected chi connectivity index (χ1v) is 11.3. The van der Waals surface area contributed by atoms with Crippen molar-refractivity contribution in [1.29, 1.82) is 0 Å². The lowest BCUT2D eigenvalue weighted by Crippen LogP contribution is -2.40. The van der Waals surface area contributed by atoms with Crippen molar-refractivity contribution >= 4 is 17.5 Å². The van der Waals surface area contributed by atoms with E-state index in [0.717, 1.165) is 16.7 Å². The summed E-state index contributed by atoms with van der Waals surface area (Å²) >= 11 is 0. The maximum Gasteiger partial charge on any atom is 0.290 e. The zero-order chi connectivity index (χ0) is 24.2. The minimum atomic E-state index is -0.460. The van der Waals surface area contributed by atoms with E-state index in [1.807, 2.05) is 36.4 Å². The van der Waals surface area contributed by atoms with Crippen LogP contribution in [0.15, 0.2) is 95.6 Å². The minimum Gasteiger partial charge on any atom is -0.484 e. The normalized spacial score (nSPS) is 14.8. The van der Waals surface area contributed by atoms with Gasteiger partial charge in [0.15, 0.2) is 12.4 Å². The van der Waals surface area contributed by atoms with Gasteiger partial charge in [0.05, 0.1) is 12.3 Å². The molecule has 1 N–H and O–H groups in total. The lowest BCUT2D eigenvalue weighted by molar-refractivity contribution is -0.118. The van der Waals surface area contributed by atoms with Crippen molar-refractivity contribution in [3.8, 4) is 5.75 Å². The number of hydrogen-bond donors (Lipinski definition) is 1. The summed E-state index contributed by atoms with van der Waals surface area (Å²) in [4.78, 5) is 27.3. The lowest BCUT2D eigenvalue weighted by Gasteiger charge is -2.37. The van der Waals surface area contributed by atoms with Gasteiger partial charge in [-0.05, 0) is 71.6 Å². The predicted molar refractivity (Wildman–Crippen MR) is 129 cm³/mol. The van der Waals surface area contributed by atoms with Crippen LogP contribution in [-0.2, 0) is 11.2 Å². The maximum atomic E-state index is 13.7. The molecule has 1 aliphatic rings. The summed E-state index contributed by atoms with van der Waals surface area (Å²) in [5, 5.41) is 2.79. The van der Waals surface area contributed by atoms with Gasteiger partial charge in [0.2, 0.25) is 0 Å². The van der Waals surface area contributed by atoms with Gasteiger partial charge in [0, 0.05) is 12.2 Å². The summed E-state index contributed by atoms with van der Waals surface area (Å²) in [5.41, 5.74) is 3.38. The van der Waals surface area contributed by atoms with Crippen molar-refractivity contribution in [3.63, 3.8) is 0 Å².